The Balaban J connectivity index is 3.07. The van der Waals surface area contributed by atoms with Gasteiger partial charge in [-0.25, -0.2) is 0 Å². The average Bonchev–Trinajstić information content (AvgIpc) is 1.99. The van der Waals surface area contributed by atoms with Crippen molar-refractivity contribution in [3.05, 3.63) is 34.9 Å². The second kappa shape index (κ2) is 3.64. The molecule has 0 amide bonds. The van der Waals surface area contributed by atoms with E-state index < -0.39 is 12.1 Å². The van der Waals surface area contributed by atoms with E-state index in [1.807, 2.05) is 6.07 Å². The van der Waals surface area contributed by atoms with Crippen molar-refractivity contribution >= 4 is 0 Å². The summed E-state index contributed by atoms with van der Waals surface area (Å²) >= 11 is 0. The van der Waals surface area contributed by atoms with Gasteiger partial charge in [0.15, 0.2) is 0 Å². The van der Waals surface area contributed by atoms with Crippen LogP contribution in [-0.4, -0.2) is 6.18 Å². The number of benzene rings is 1. The van der Waals surface area contributed by atoms with Crippen molar-refractivity contribution < 1.29 is 13.2 Å². The predicted octanol–water partition coefficient (Wildman–Crippen LogP) is 3.97. The molecule has 1 rings (SSSR count). The number of aryl methyl sites for hydroxylation is 2. The maximum atomic E-state index is 12.4. The number of halogens is 3. The fourth-order valence-electron chi connectivity index (χ4n) is 1.45. The third kappa shape index (κ3) is 2.50. The van der Waals surface area contributed by atoms with Gasteiger partial charge in [-0.3, -0.25) is 0 Å². The van der Waals surface area contributed by atoms with Gasteiger partial charge in [0.2, 0.25) is 0 Å². The van der Waals surface area contributed by atoms with Crippen LogP contribution in [0.2, 0.25) is 0 Å². The molecule has 0 bridgehead atoms. The van der Waals surface area contributed by atoms with Gasteiger partial charge >= 0.3 is 6.18 Å². The number of hydrogen-bond acceptors (Lipinski definition) is 0. The van der Waals surface area contributed by atoms with E-state index in [0.29, 0.717) is 5.56 Å². The zero-order chi connectivity index (χ0) is 10.9. The van der Waals surface area contributed by atoms with Crippen LogP contribution in [0.15, 0.2) is 18.2 Å². The summed E-state index contributed by atoms with van der Waals surface area (Å²) in [6.07, 6.45) is -4.15. The van der Waals surface area contributed by atoms with Crippen LogP contribution in [0, 0.1) is 13.8 Å². The Kier molecular flexibility index (Phi) is 2.88. The highest BCUT2D eigenvalue weighted by Gasteiger charge is 2.36. The fourth-order valence-corrected chi connectivity index (χ4v) is 1.45. The van der Waals surface area contributed by atoms with E-state index in [4.69, 9.17) is 0 Å². The quantitative estimate of drug-likeness (QED) is 0.646. The highest BCUT2D eigenvalue weighted by Crippen LogP contribution is 2.34. The molecule has 0 saturated heterocycles. The Morgan fingerprint density at radius 1 is 1.00 bits per heavy atom. The Labute approximate surface area is 81.8 Å². The van der Waals surface area contributed by atoms with Crippen molar-refractivity contribution in [1.29, 1.82) is 0 Å². The van der Waals surface area contributed by atoms with Crippen LogP contribution in [-0.2, 0) is 0 Å². The van der Waals surface area contributed by atoms with E-state index in [1.165, 1.54) is 6.92 Å². The molecule has 0 aliphatic rings. The smallest absolute Gasteiger partial charge is 0.170 e. The van der Waals surface area contributed by atoms with Crippen molar-refractivity contribution in [3.8, 4) is 0 Å². The van der Waals surface area contributed by atoms with Gasteiger partial charge in [-0.2, -0.15) is 13.2 Å². The number of rotatable bonds is 1. The van der Waals surface area contributed by atoms with Crippen LogP contribution in [0.25, 0.3) is 0 Å². The molecule has 0 radical (unpaired) electrons. The molecular weight excluding hydrogens is 189 g/mol. The summed E-state index contributed by atoms with van der Waals surface area (Å²) in [5.41, 5.74) is 2.09. The molecule has 1 atom stereocenters. The SMILES string of the molecule is Cc1cc(C)cc(C(C)C(F)(F)F)c1. The van der Waals surface area contributed by atoms with E-state index in [0.717, 1.165) is 11.1 Å². The minimum Gasteiger partial charge on any atom is -0.170 e. The predicted molar refractivity (Wildman–Crippen MR) is 50.4 cm³/mol. The molecule has 0 fully saturated rings. The molecule has 0 nitrogen and oxygen atoms in total. The summed E-state index contributed by atoms with van der Waals surface area (Å²) in [7, 11) is 0. The van der Waals surface area contributed by atoms with Crippen LogP contribution < -0.4 is 0 Å². The highest BCUT2D eigenvalue weighted by atomic mass is 19.4. The summed E-state index contributed by atoms with van der Waals surface area (Å²) in [4.78, 5) is 0. The van der Waals surface area contributed by atoms with Crippen molar-refractivity contribution in [2.24, 2.45) is 0 Å². The third-order valence-corrected chi connectivity index (χ3v) is 2.24. The topological polar surface area (TPSA) is 0 Å². The molecular formula is C11H13F3. The monoisotopic (exact) mass is 202 g/mol. The normalized spacial score (nSPS) is 14.1. The molecule has 14 heavy (non-hydrogen) atoms. The third-order valence-electron chi connectivity index (χ3n) is 2.24. The van der Waals surface area contributed by atoms with Crippen LogP contribution in [0.5, 0.6) is 0 Å². The van der Waals surface area contributed by atoms with Crippen molar-refractivity contribution in [3.63, 3.8) is 0 Å². The zero-order valence-electron chi connectivity index (χ0n) is 8.44. The molecule has 1 aromatic rings. The lowest BCUT2D eigenvalue weighted by Gasteiger charge is -2.16. The van der Waals surface area contributed by atoms with Gasteiger partial charge in [0, 0.05) is 0 Å². The largest absolute Gasteiger partial charge is 0.395 e. The number of hydrogen-bond donors (Lipinski definition) is 0. The van der Waals surface area contributed by atoms with Crippen LogP contribution in [0.4, 0.5) is 13.2 Å². The maximum absolute atomic E-state index is 12.4. The second-order valence-electron chi connectivity index (χ2n) is 3.68. The van der Waals surface area contributed by atoms with Crippen LogP contribution >= 0.6 is 0 Å². The van der Waals surface area contributed by atoms with E-state index >= 15 is 0 Å². The zero-order valence-corrected chi connectivity index (χ0v) is 8.44. The summed E-state index contributed by atoms with van der Waals surface area (Å²) < 4.78 is 37.2. The van der Waals surface area contributed by atoms with Gasteiger partial charge in [0.05, 0.1) is 5.92 Å². The van der Waals surface area contributed by atoms with Crippen LogP contribution in [0.1, 0.15) is 29.5 Å². The first kappa shape index (κ1) is 11.1. The van der Waals surface area contributed by atoms with Gasteiger partial charge in [-0.15, -0.1) is 0 Å². The van der Waals surface area contributed by atoms with E-state index in [9.17, 15) is 13.2 Å². The van der Waals surface area contributed by atoms with Crippen molar-refractivity contribution in [1.82, 2.24) is 0 Å². The van der Waals surface area contributed by atoms with Crippen molar-refractivity contribution in [2.45, 2.75) is 32.9 Å². The summed E-state index contributed by atoms with van der Waals surface area (Å²) in [6, 6.07) is 5.04. The Bertz CT molecular complexity index is 306. The molecule has 1 unspecified atom stereocenters. The van der Waals surface area contributed by atoms with Gasteiger partial charge in [-0.1, -0.05) is 29.3 Å². The van der Waals surface area contributed by atoms with Gasteiger partial charge in [0.25, 0.3) is 0 Å². The molecule has 0 heterocycles. The van der Waals surface area contributed by atoms with Crippen LogP contribution in [0.3, 0.4) is 0 Å². The van der Waals surface area contributed by atoms with E-state index in [2.05, 4.69) is 0 Å². The first-order valence-corrected chi connectivity index (χ1v) is 4.45. The molecule has 0 aliphatic carbocycles. The molecule has 0 spiro atoms. The molecule has 1 aromatic carbocycles. The lowest BCUT2D eigenvalue weighted by atomic mass is 9.97. The second-order valence-corrected chi connectivity index (χ2v) is 3.68. The van der Waals surface area contributed by atoms with Gasteiger partial charge < -0.3 is 0 Å². The molecule has 0 aromatic heterocycles. The molecule has 3 heteroatoms. The Hall–Kier alpha value is -0.990. The minimum atomic E-state index is -4.15. The molecule has 0 aliphatic heterocycles. The maximum Gasteiger partial charge on any atom is 0.395 e. The van der Waals surface area contributed by atoms with Crippen molar-refractivity contribution in [2.75, 3.05) is 0 Å². The minimum absolute atomic E-state index is 0.343. The van der Waals surface area contributed by atoms with E-state index in [1.54, 1.807) is 26.0 Å². The van der Waals surface area contributed by atoms with Gasteiger partial charge in [0.1, 0.15) is 0 Å². The molecule has 78 valence electrons. The highest BCUT2D eigenvalue weighted by molar-refractivity contribution is 5.31. The standard InChI is InChI=1S/C11H13F3/c1-7-4-8(2)6-10(5-7)9(3)11(12,13)14/h4-6,9H,1-3H3. The Morgan fingerprint density at radius 2 is 1.43 bits per heavy atom. The summed E-state index contributed by atoms with van der Waals surface area (Å²) in [5.74, 6) is -1.39. The summed E-state index contributed by atoms with van der Waals surface area (Å²) in [6.45, 7) is 4.80. The first-order valence-electron chi connectivity index (χ1n) is 4.45. The first-order chi connectivity index (χ1) is 6.30. The average molecular weight is 202 g/mol. The molecule has 0 N–H and O–H groups in total. The fraction of sp³-hybridized carbons (Fsp3) is 0.455. The number of alkyl halides is 3. The molecule has 0 saturated carbocycles. The Morgan fingerprint density at radius 3 is 1.79 bits per heavy atom. The van der Waals surface area contributed by atoms with E-state index in [-0.39, 0.29) is 0 Å². The lowest BCUT2D eigenvalue weighted by Crippen LogP contribution is -2.17. The lowest BCUT2D eigenvalue weighted by molar-refractivity contribution is -0.146. The van der Waals surface area contributed by atoms with Gasteiger partial charge in [-0.05, 0) is 26.3 Å². The summed E-state index contributed by atoms with van der Waals surface area (Å²) in [5, 5.41) is 0.